The van der Waals surface area contributed by atoms with E-state index < -0.39 is 17.6 Å². The van der Waals surface area contributed by atoms with Crippen LogP contribution in [0.15, 0.2) is 60.7 Å². The second kappa shape index (κ2) is 8.86. The van der Waals surface area contributed by atoms with E-state index in [1.54, 1.807) is 35.2 Å². The molecule has 30 heavy (non-hydrogen) atoms. The zero-order valence-corrected chi connectivity index (χ0v) is 16.6. The zero-order chi connectivity index (χ0) is 21.8. The van der Waals surface area contributed by atoms with Crippen molar-refractivity contribution < 1.29 is 23.5 Å². The lowest BCUT2D eigenvalue weighted by molar-refractivity contribution is -0.254. The first-order valence-corrected chi connectivity index (χ1v) is 9.56. The number of hydrogen-bond donors (Lipinski definition) is 0. The fraction of sp³-hybridized carbons (Fsp3) is 0.167. The Kier molecular flexibility index (Phi) is 6.26. The summed E-state index contributed by atoms with van der Waals surface area (Å²) < 4.78 is 27.6. The summed E-state index contributed by atoms with van der Waals surface area (Å²) in [5.41, 5.74) is 1.44. The molecule has 0 saturated heterocycles. The molecule has 0 unspecified atom stereocenters. The summed E-state index contributed by atoms with van der Waals surface area (Å²) >= 11 is 0. The van der Waals surface area contributed by atoms with Crippen molar-refractivity contribution in [2.45, 2.75) is 13.8 Å². The molecule has 6 heteroatoms. The van der Waals surface area contributed by atoms with Gasteiger partial charge in [-0.05, 0) is 48.7 Å². The van der Waals surface area contributed by atoms with Gasteiger partial charge in [-0.1, -0.05) is 36.4 Å². The van der Waals surface area contributed by atoms with Gasteiger partial charge < -0.3 is 14.8 Å². The second-order valence-electron chi connectivity index (χ2n) is 6.70. The van der Waals surface area contributed by atoms with Gasteiger partial charge in [0.1, 0.15) is 11.6 Å². The van der Waals surface area contributed by atoms with Gasteiger partial charge in [-0.2, -0.15) is 0 Å². The smallest absolute Gasteiger partial charge is 0.254 e. The topological polar surface area (TPSA) is 60.4 Å². The lowest BCUT2D eigenvalue weighted by Gasteiger charge is -2.22. The van der Waals surface area contributed by atoms with E-state index in [0.29, 0.717) is 29.8 Å². The Hall–Kier alpha value is -3.54. The van der Waals surface area contributed by atoms with Crippen LogP contribution in [0, 0.1) is 11.6 Å². The summed E-state index contributed by atoms with van der Waals surface area (Å²) in [6.07, 6.45) is 0. The van der Waals surface area contributed by atoms with Crippen molar-refractivity contribution in [1.29, 1.82) is 0 Å². The third-order valence-corrected chi connectivity index (χ3v) is 4.98. The van der Waals surface area contributed by atoms with Gasteiger partial charge in [-0.3, -0.25) is 4.79 Å². The van der Waals surface area contributed by atoms with E-state index in [9.17, 15) is 23.5 Å². The minimum Gasteiger partial charge on any atom is -0.545 e. The van der Waals surface area contributed by atoms with Crippen LogP contribution in [0.25, 0.3) is 22.3 Å². The summed E-state index contributed by atoms with van der Waals surface area (Å²) in [6.45, 7) is 4.57. The monoisotopic (exact) mass is 408 g/mol. The lowest BCUT2D eigenvalue weighted by Crippen LogP contribution is -2.31. The first-order valence-electron chi connectivity index (χ1n) is 9.56. The first kappa shape index (κ1) is 21.2. The van der Waals surface area contributed by atoms with Gasteiger partial charge in [0.05, 0.1) is 5.97 Å². The number of carbonyl (C=O) groups excluding carboxylic acids is 2. The Labute approximate surface area is 173 Å². The number of nitrogens with zero attached hydrogens (tertiary/aromatic N) is 1. The Morgan fingerprint density at radius 1 is 0.833 bits per heavy atom. The number of rotatable bonds is 6. The number of amides is 1. The Morgan fingerprint density at radius 2 is 1.47 bits per heavy atom. The van der Waals surface area contributed by atoms with Crippen LogP contribution in [-0.4, -0.2) is 29.9 Å². The molecule has 0 aliphatic heterocycles. The fourth-order valence-corrected chi connectivity index (χ4v) is 3.42. The molecule has 0 aromatic heterocycles. The molecule has 3 aromatic rings. The Balaban J connectivity index is 2.25. The summed E-state index contributed by atoms with van der Waals surface area (Å²) in [5, 5.41) is 11.6. The average molecular weight is 408 g/mol. The van der Waals surface area contributed by atoms with Gasteiger partial charge in [0, 0.05) is 35.8 Å². The van der Waals surface area contributed by atoms with Crippen LogP contribution in [0.4, 0.5) is 8.78 Å². The van der Waals surface area contributed by atoms with Crippen LogP contribution >= 0.6 is 0 Å². The highest BCUT2D eigenvalue weighted by molar-refractivity contribution is 6.05. The molecule has 0 radical (unpaired) electrons. The second-order valence-corrected chi connectivity index (χ2v) is 6.70. The van der Waals surface area contributed by atoms with Crippen molar-refractivity contribution in [2.24, 2.45) is 0 Å². The molecule has 0 aliphatic rings. The zero-order valence-electron chi connectivity index (χ0n) is 16.6. The number of benzene rings is 3. The van der Waals surface area contributed by atoms with Crippen LogP contribution in [0.3, 0.4) is 0 Å². The maximum absolute atomic E-state index is 14.3. The molecule has 0 aliphatic carbocycles. The van der Waals surface area contributed by atoms with E-state index in [2.05, 4.69) is 0 Å². The maximum atomic E-state index is 14.3. The van der Waals surface area contributed by atoms with E-state index in [1.807, 2.05) is 13.8 Å². The van der Waals surface area contributed by atoms with Crippen LogP contribution in [0.5, 0.6) is 0 Å². The average Bonchev–Trinajstić information content (AvgIpc) is 2.74. The van der Waals surface area contributed by atoms with Crippen molar-refractivity contribution >= 4 is 11.9 Å². The summed E-state index contributed by atoms with van der Waals surface area (Å²) in [7, 11) is 0. The Bertz CT molecular complexity index is 1110. The number of hydrogen-bond acceptors (Lipinski definition) is 3. The van der Waals surface area contributed by atoms with Crippen molar-refractivity contribution in [3.8, 4) is 22.3 Å². The van der Waals surface area contributed by atoms with Crippen molar-refractivity contribution in [3.63, 3.8) is 0 Å². The summed E-state index contributed by atoms with van der Waals surface area (Å²) in [4.78, 5) is 26.4. The first-order chi connectivity index (χ1) is 14.4. The van der Waals surface area contributed by atoms with E-state index in [-0.39, 0.29) is 22.6 Å². The van der Waals surface area contributed by atoms with E-state index in [1.165, 1.54) is 18.2 Å². The highest BCUT2D eigenvalue weighted by atomic mass is 19.1. The third kappa shape index (κ3) is 4.08. The molecular weight excluding hydrogens is 388 g/mol. The van der Waals surface area contributed by atoms with Gasteiger partial charge in [-0.15, -0.1) is 0 Å². The minimum atomic E-state index is -1.36. The maximum Gasteiger partial charge on any atom is 0.254 e. The molecule has 0 N–H and O–H groups in total. The van der Waals surface area contributed by atoms with Gasteiger partial charge in [-0.25, -0.2) is 8.78 Å². The van der Waals surface area contributed by atoms with Gasteiger partial charge in [0.2, 0.25) is 0 Å². The number of halogens is 2. The fourth-order valence-electron chi connectivity index (χ4n) is 3.42. The number of carboxylic acid groups (broad SMARTS) is 1. The largest absolute Gasteiger partial charge is 0.545 e. The summed E-state index contributed by atoms with van der Waals surface area (Å²) in [6, 6.07) is 14.1. The molecule has 0 fully saturated rings. The van der Waals surface area contributed by atoms with Gasteiger partial charge >= 0.3 is 0 Å². The third-order valence-electron chi connectivity index (χ3n) is 4.98. The van der Waals surface area contributed by atoms with E-state index in [4.69, 9.17) is 0 Å². The van der Waals surface area contributed by atoms with E-state index >= 15 is 0 Å². The van der Waals surface area contributed by atoms with Crippen molar-refractivity contribution in [2.75, 3.05) is 13.1 Å². The van der Waals surface area contributed by atoms with Crippen LogP contribution < -0.4 is 5.11 Å². The van der Waals surface area contributed by atoms with Crippen molar-refractivity contribution in [3.05, 3.63) is 83.4 Å². The molecule has 3 rings (SSSR count). The van der Waals surface area contributed by atoms with Crippen LogP contribution in [-0.2, 0) is 0 Å². The molecule has 154 valence electrons. The molecule has 1 amide bonds. The highest BCUT2D eigenvalue weighted by Gasteiger charge is 2.21. The molecule has 3 aromatic carbocycles. The molecule has 0 spiro atoms. The van der Waals surface area contributed by atoms with Gasteiger partial charge in [0.15, 0.2) is 0 Å². The minimum absolute atomic E-state index is 0.0493. The standard InChI is InChI=1S/C24H21F2NO3/c1-3-27(4-2)23(28)21-13-15(17-12-10-16(25)14-22(17)26)9-11-19(21)18-7-5-6-8-20(18)24(29)30/h5-14H,3-4H2,1-2H3,(H,29,30)/p-1. The number of carbonyl (C=O) groups is 2. The van der Waals surface area contributed by atoms with Crippen molar-refractivity contribution in [1.82, 2.24) is 4.90 Å². The molecule has 0 saturated carbocycles. The van der Waals surface area contributed by atoms with Crippen LogP contribution in [0.2, 0.25) is 0 Å². The normalized spacial score (nSPS) is 10.7. The lowest BCUT2D eigenvalue weighted by atomic mass is 9.91. The molecular formula is C24H20F2NO3-. The number of aromatic carboxylic acids is 1. The van der Waals surface area contributed by atoms with Gasteiger partial charge in [0.25, 0.3) is 5.91 Å². The number of carboxylic acids is 1. The predicted molar refractivity (Wildman–Crippen MR) is 109 cm³/mol. The predicted octanol–water partition coefficient (Wildman–Crippen LogP) is 4.14. The van der Waals surface area contributed by atoms with E-state index in [0.717, 1.165) is 12.1 Å². The summed E-state index contributed by atoms with van der Waals surface area (Å²) in [5.74, 6) is -3.12. The quantitative estimate of drug-likeness (QED) is 0.616. The highest BCUT2D eigenvalue weighted by Crippen LogP contribution is 2.33. The SMILES string of the molecule is CCN(CC)C(=O)c1cc(-c2ccc(F)cc2F)ccc1-c1ccccc1C(=O)[O-]. The van der Waals surface area contributed by atoms with Crippen LogP contribution in [0.1, 0.15) is 34.6 Å². The molecule has 0 heterocycles. The molecule has 0 atom stereocenters. The Morgan fingerprint density at radius 3 is 2.10 bits per heavy atom. The molecule has 4 nitrogen and oxygen atoms in total. The molecule has 0 bridgehead atoms.